The summed E-state index contributed by atoms with van der Waals surface area (Å²) < 4.78 is 25.6. The third kappa shape index (κ3) is 4.51. The van der Waals surface area contributed by atoms with Crippen molar-refractivity contribution in [2.45, 2.75) is 26.3 Å². The first-order valence-corrected chi connectivity index (χ1v) is 10.7. The summed E-state index contributed by atoms with van der Waals surface area (Å²) in [4.78, 5) is 23.9. The maximum absolute atomic E-state index is 12.7. The van der Waals surface area contributed by atoms with E-state index in [4.69, 9.17) is 0 Å². The van der Waals surface area contributed by atoms with Crippen LogP contribution in [0.3, 0.4) is 0 Å². The van der Waals surface area contributed by atoms with Gasteiger partial charge in [0.15, 0.2) is 0 Å². The summed E-state index contributed by atoms with van der Waals surface area (Å²) in [6, 6.07) is 13.6. The van der Waals surface area contributed by atoms with E-state index < -0.39 is 10.0 Å². The molecule has 2 aromatic carbocycles. The lowest BCUT2D eigenvalue weighted by atomic mass is 10.1. The van der Waals surface area contributed by atoms with Crippen LogP contribution in [0, 0.1) is 0 Å². The second-order valence-electron chi connectivity index (χ2n) is 6.79. The number of nitrogens with one attached hydrogen (secondary N) is 2. The van der Waals surface area contributed by atoms with Crippen LogP contribution in [0.1, 0.15) is 42.2 Å². The van der Waals surface area contributed by atoms with Crippen LogP contribution in [0.15, 0.2) is 48.5 Å². The molecule has 8 heteroatoms. The van der Waals surface area contributed by atoms with Crippen molar-refractivity contribution in [3.05, 3.63) is 59.7 Å². The molecule has 1 aliphatic heterocycles. The highest BCUT2D eigenvalue weighted by Crippen LogP contribution is 2.25. The largest absolute Gasteiger partial charge is 0.346 e. The molecule has 0 aliphatic carbocycles. The van der Waals surface area contributed by atoms with Crippen LogP contribution in [0.25, 0.3) is 0 Å². The Kier molecular flexibility index (Phi) is 5.69. The minimum absolute atomic E-state index is 0.130. The number of hydrogen-bond donors (Lipinski definition) is 2. The van der Waals surface area contributed by atoms with E-state index in [0.29, 0.717) is 29.9 Å². The van der Waals surface area contributed by atoms with Gasteiger partial charge in [-0.25, -0.2) is 8.42 Å². The van der Waals surface area contributed by atoms with Gasteiger partial charge in [0.25, 0.3) is 5.91 Å². The minimum Gasteiger partial charge on any atom is -0.346 e. The maximum atomic E-state index is 12.7. The molecule has 0 radical (unpaired) electrons. The van der Waals surface area contributed by atoms with Crippen molar-refractivity contribution in [1.29, 1.82) is 0 Å². The fraction of sp³-hybridized carbons (Fsp3) is 0.300. The zero-order valence-electron chi connectivity index (χ0n) is 15.8. The summed E-state index contributed by atoms with van der Waals surface area (Å²) in [6.07, 6.45) is 0.584. The number of hydrogen-bond acceptors (Lipinski definition) is 4. The Morgan fingerprint density at radius 1 is 1.11 bits per heavy atom. The number of benzene rings is 2. The van der Waals surface area contributed by atoms with E-state index >= 15 is 0 Å². The third-order valence-corrected chi connectivity index (χ3v) is 6.42. The molecule has 28 heavy (non-hydrogen) atoms. The van der Waals surface area contributed by atoms with E-state index in [1.165, 1.54) is 11.2 Å². The fourth-order valence-electron chi connectivity index (χ4n) is 3.18. The molecule has 2 aromatic rings. The van der Waals surface area contributed by atoms with Crippen LogP contribution >= 0.6 is 0 Å². The van der Waals surface area contributed by atoms with Crippen molar-refractivity contribution in [3.63, 3.8) is 0 Å². The van der Waals surface area contributed by atoms with Crippen molar-refractivity contribution in [3.8, 4) is 0 Å². The molecule has 1 aliphatic rings. The summed E-state index contributed by atoms with van der Waals surface area (Å²) in [5, 5.41) is 5.63. The minimum atomic E-state index is -3.30. The Labute approximate surface area is 164 Å². The lowest BCUT2D eigenvalue weighted by Gasteiger charge is -2.19. The third-order valence-electron chi connectivity index (χ3n) is 4.55. The van der Waals surface area contributed by atoms with E-state index in [-0.39, 0.29) is 23.6 Å². The van der Waals surface area contributed by atoms with E-state index in [9.17, 15) is 18.0 Å². The quantitative estimate of drug-likeness (QED) is 0.805. The summed E-state index contributed by atoms with van der Waals surface area (Å²) >= 11 is 0. The number of rotatable bonds is 5. The van der Waals surface area contributed by atoms with Gasteiger partial charge in [-0.3, -0.25) is 13.9 Å². The maximum Gasteiger partial charge on any atom is 0.251 e. The van der Waals surface area contributed by atoms with Crippen molar-refractivity contribution in [1.82, 2.24) is 5.32 Å². The van der Waals surface area contributed by atoms with E-state index in [2.05, 4.69) is 10.6 Å². The molecule has 1 saturated heterocycles. The van der Waals surface area contributed by atoms with Crippen molar-refractivity contribution >= 4 is 33.2 Å². The zero-order valence-corrected chi connectivity index (χ0v) is 16.6. The highest BCUT2D eigenvalue weighted by Gasteiger charge is 2.28. The highest BCUT2D eigenvalue weighted by atomic mass is 32.2. The topological polar surface area (TPSA) is 95.6 Å². The molecule has 2 N–H and O–H groups in total. The normalized spacial score (nSPS) is 16.4. The summed E-state index contributed by atoms with van der Waals surface area (Å²) in [5.74, 6) is -0.330. The zero-order chi connectivity index (χ0) is 20.3. The van der Waals surface area contributed by atoms with Gasteiger partial charge in [0.05, 0.1) is 17.5 Å². The monoisotopic (exact) mass is 401 g/mol. The number of sulfonamides is 1. The molecule has 1 heterocycles. The molecule has 1 atom stereocenters. The molecule has 7 nitrogen and oxygen atoms in total. The van der Waals surface area contributed by atoms with Crippen LogP contribution in [0.5, 0.6) is 0 Å². The standard InChI is InChI=1S/C20H23N3O4S/c1-14(16-6-3-8-18(12-16)22-15(2)24)21-20(25)17-7-4-9-19(13-17)23-10-5-11-28(23,26)27/h3-4,6-9,12-14H,5,10-11H2,1-2H3,(H,21,25)(H,22,24). The van der Waals surface area contributed by atoms with Crippen LogP contribution in [-0.4, -0.2) is 32.5 Å². The Hall–Kier alpha value is -2.87. The SMILES string of the molecule is CC(=O)Nc1cccc(C(C)NC(=O)c2cccc(N3CCCS3(=O)=O)c2)c1. The van der Waals surface area contributed by atoms with Gasteiger partial charge in [0, 0.05) is 24.7 Å². The summed E-state index contributed by atoms with van der Waals surface area (Å²) in [7, 11) is -3.30. The predicted octanol–water partition coefficient (Wildman–Crippen LogP) is 2.68. The number of nitrogens with zero attached hydrogens (tertiary/aromatic N) is 1. The van der Waals surface area contributed by atoms with Gasteiger partial charge in [-0.05, 0) is 49.2 Å². The molecule has 3 rings (SSSR count). The molecule has 1 unspecified atom stereocenters. The molecule has 148 valence electrons. The first-order valence-electron chi connectivity index (χ1n) is 9.05. The first kappa shape index (κ1) is 19.9. The van der Waals surface area contributed by atoms with E-state index in [1.807, 2.05) is 19.1 Å². The van der Waals surface area contributed by atoms with Crippen LogP contribution in [0.2, 0.25) is 0 Å². The molecule has 2 amide bonds. The number of carbonyl (C=O) groups excluding carboxylic acids is 2. The average Bonchev–Trinajstić information content (AvgIpc) is 3.00. The van der Waals surface area contributed by atoms with Crippen molar-refractivity contribution in [2.75, 3.05) is 21.9 Å². The molecule has 0 saturated carbocycles. The van der Waals surface area contributed by atoms with Crippen LogP contribution in [0.4, 0.5) is 11.4 Å². The Morgan fingerprint density at radius 3 is 2.54 bits per heavy atom. The van der Waals surface area contributed by atoms with Crippen molar-refractivity contribution < 1.29 is 18.0 Å². The first-order chi connectivity index (χ1) is 13.3. The molecular weight excluding hydrogens is 378 g/mol. The fourth-order valence-corrected chi connectivity index (χ4v) is 4.74. The van der Waals surface area contributed by atoms with Gasteiger partial charge in [0.1, 0.15) is 0 Å². The second kappa shape index (κ2) is 8.02. The van der Waals surface area contributed by atoms with Gasteiger partial charge in [-0.2, -0.15) is 0 Å². The lowest BCUT2D eigenvalue weighted by molar-refractivity contribution is -0.114. The molecule has 1 fully saturated rings. The van der Waals surface area contributed by atoms with Crippen molar-refractivity contribution in [2.24, 2.45) is 0 Å². The summed E-state index contributed by atoms with van der Waals surface area (Å²) in [6.45, 7) is 3.71. The van der Waals surface area contributed by atoms with E-state index in [0.717, 1.165) is 5.56 Å². The Morgan fingerprint density at radius 2 is 1.86 bits per heavy atom. The summed E-state index contributed by atoms with van der Waals surface area (Å²) in [5.41, 5.74) is 2.40. The smallest absolute Gasteiger partial charge is 0.251 e. The van der Waals surface area contributed by atoms with E-state index in [1.54, 1.807) is 36.4 Å². The van der Waals surface area contributed by atoms with Gasteiger partial charge in [-0.15, -0.1) is 0 Å². The molecule has 0 aromatic heterocycles. The molecular formula is C20H23N3O4S. The number of carbonyl (C=O) groups is 2. The van der Waals surface area contributed by atoms with Gasteiger partial charge < -0.3 is 10.6 Å². The second-order valence-corrected chi connectivity index (χ2v) is 8.81. The predicted molar refractivity (Wildman–Crippen MR) is 109 cm³/mol. The Balaban J connectivity index is 1.74. The Bertz CT molecular complexity index is 1000. The number of anilines is 2. The van der Waals surface area contributed by atoms with Gasteiger partial charge >= 0.3 is 0 Å². The highest BCUT2D eigenvalue weighted by molar-refractivity contribution is 7.93. The average molecular weight is 401 g/mol. The van der Waals surface area contributed by atoms with Gasteiger partial charge in [0.2, 0.25) is 15.9 Å². The molecule has 0 spiro atoms. The molecule has 0 bridgehead atoms. The number of amides is 2. The van der Waals surface area contributed by atoms with Gasteiger partial charge in [-0.1, -0.05) is 18.2 Å². The van der Waals surface area contributed by atoms with Crippen LogP contribution < -0.4 is 14.9 Å². The van der Waals surface area contributed by atoms with Crippen LogP contribution in [-0.2, 0) is 14.8 Å². The lowest BCUT2D eigenvalue weighted by Crippen LogP contribution is -2.28.